The molecule has 5 heteroatoms. The van der Waals surface area contributed by atoms with Crippen LogP contribution in [0, 0.1) is 11.8 Å². The summed E-state index contributed by atoms with van der Waals surface area (Å²) in [5.41, 5.74) is 5.21. The summed E-state index contributed by atoms with van der Waals surface area (Å²) in [6.45, 7) is 4.68. The Morgan fingerprint density at radius 2 is 1.55 bits per heavy atom. The lowest BCUT2D eigenvalue weighted by molar-refractivity contribution is 0.108. The van der Waals surface area contributed by atoms with E-state index in [1.165, 1.54) is 61.2 Å². The van der Waals surface area contributed by atoms with Crippen molar-refractivity contribution < 1.29 is 0 Å². The number of halogens is 2. The van der Waals surface area contributed by atoms with Crippen LogP contribution in [0.15, 0.2) is 30.5 Å². The smallest absolute Gasteiger partial charge is 0.0781 e. The van der Waals surface area contributed by atoms with Gasteiger partial charge in [0, 0.05) is 11.2 Å². The SMILES string of the molecule is Clc1ccc2c(c1)CCc1cc(Cl)cnc1C2N1CCC(C2CCNCC2)CC1. The summed E-state index contributed by atoms with van der Waals surface area (Å²) in [7, 11) is 0. The number of benzene rings is 1. The first-order chi connectivity index (χ1) is 14.2. The summed E-state index contributed by atoms with van der Waals surface area (Å²) in [6.07, 6.45) is 9.07. The molecule has 1 atom stereocenters. The lowest BCUT2D eigenvalue weighted by Crippen LogP contribution is -2.41. The van der Waals surface area contributed by atoms with Crippen LogP contribution in [0.4, 0.5) is 0 Å². The number of piperidine rings is 2. The fourth-order valence-electron chi connectivity index (χ4n) is 5.75. The van der Waals surface area contributed by atoms with Gasteiger partial charge in [0.15, 0.2) is 0 Å². The molecule has 1 unspecified atom stereocenters. The number of aromatic nitrogens is 1. The summed E-state index contributed by atoms with van der Waals surface area (Å²) in [4.78, 5) is 7.51. The van der Waals surface area contributed by atoms with Gasteiger partial charge >= 0.3 is 0 Å². The highest BCUT2D eigenvalue weighted by molar-refractivity contribution is 6.30. The molecule has 1 aromatic carbocycles. The lowest BCUT2D eigenvalue weighted by atomic mass is 9.78. The van der Waals surface area contributed by atoms with E-state index in [-0.39, 0.29) is 6.04 Å². The fourth-order valence-corrected chi connectivity index (χ4v) is 6.12. The number of fused-ring (bicyclic) bond motifs is 2. The maximum Gasteiger partial charge on any atom is 0.0781 e. The third kappa shape index (κ3) is 4.07. The van der Waals surface area contributed by atoms with E-state index in [1.807, 2.05) is 12.3 Å². The van der Waals surface area contributed by atoms with Crippen molar-refractivity contribution in [2.24, 2.45) is 11.8 Å². The van der Waals surface area contributed by atoms with Crippen molar-refractivity contribution in [1.82, 2.24) is 15.2 Å². The molecule has 3 nitrogen and oxygen atoms in total. The number of likely N-dealkylation sites (tertiary alicyclic amines) is 1. The minimum absolute atomic E-state index is 0.214. The lowest BCUT2D eigenvalue weighted by Gasteiger charge is -2.41. The van der Waals surface area contributed by atoms with E-state index in [2.05, 4.69) is 28.4 Å². The van der Waals surface area contributed by atoms with Crippen LogP contribution in [-0.4, -0.2) is 36.1 Å². The molecule has 1 aromatic heterocycles. The summed E-state index contributed by atoms with van der Waals surface area (Å²) in [5, 5.41) is 5.07. The Balaban J connectivity index is 1.44. The van der Waals surface area contributed by atoms with Crippen molar-refractivity contribution in [3.05, 3.63) is 62.9 Å². The van der Waals surface area contributed by atoms with Crippen molar-refractivity contribution in [1.29, 1.82) is 0 Å². The third-order valence-corrected chi connectivity index (χ3v) is 7.72. The molecule has 29 heavy (non-hydrogen) atoms. The number of nitrogens with one attached hydrogen (secondary N) is 1. The van der Waals surface area contributed by atoms with Crippen LogP contribution >= 0.6 is 23.2 Å². The van der Waals surface area contributed by atoms with E-state index in [9.17, 15) is 0 Å². The number of rotatable bonds is 2. The van der Waals surface area contributed by atoms with Gasteiger partial charge in [0.1, 0.15) is 0 Å². The van der Waals surface area contributed by atoms with E-state index < -0.39 is 0 Å². The second kappa shape index (κ2) is 8.55. The number of pyridine rings is 1. The van der Waals surface area contributed by atoms with E-state index in [0.717, 1.165) is 47.8 Å². The third-order valence-electron chi connectivity index (χ3n) is 7.28. The monoisotopic (exact) mass is 429 g/mol. The molecule has 2 aliphatic heterocycles. The number of nitrogens with zero attached hydrogens (tertiary/aromatic N) is 2. The first-order valence-electron chi connectivity index (χ1n) is 11.1. The highest BCUT2D eigenvalue weighted by Crippen LogP contribution is 2.40. The predicted octanol–water partition coefficient (Wildman–Crippen LogP) is 5.29. The second-order valence-corrected chi connectivity index (χ2v) is 9.78. The quantitative estimate of drug-likeness (QED) is 0.702. The summed E-state index contributed by atoms with van der Waals surface area (Å²) in [5.74, 6) is 1.78. The Morgan fingerprint density at radius 3 is 2.34 bits per heavy atom. The first kappa shape index (κ1) is 19.8. The molecule has 3 aliphatic rings. The highest BCUT2D eigenvalue weighted by Gasteiger charge is 2.34. The molecule has 0 amide bonds. The van der Waals surface area contributed by atoms with Crippen LogP contribution in [-0.2, 0) is 12.8 Å². The van der Waals surface area contributed by atoms with E-state index in [0.29, 0.717) is 0 Å². The number of hydrogen-bond acceptors (Lipinski definition) is 3. The minimum Gasteiger partial charge on any atom is -0.317 e. The van der Waals surface area contributed by atoms with E-state index in [1.54, 1.807) is 0 Å². The average Bonchev–Trinajstić information content (AvgIpc) is 2.91. The van der Waals surface area contributed by atoms with Crippen molar-refractivity contribution in [2.75, 3.05) is 26.2 Å². The van der Waals surface area contributed by atoms with Crippen LogP contribution in [0.3, 0.4) is 0 Å². The van der Waals surface area contributed by atoms with Crippen LogP contribution in [0.5, 0.6) is 0 Å². The Bertz CT molecular complexity index is 817. The largest absolute Gasteiger partial charge is 0.317 e. The molecule has 1 N–H and O–H groups in total. The molecule has 0 radical (unpaired) electrons. The molecular formula is C24H29Cl2N3. The van der Waals surface area contributed by atoms with Gasteiger partial charge in [-0.15, -0.1) is 0 Å². The van der Waals surface area contributed by atoms with Gasteiger partial charge in [-0.3, -0.25) is 9.88 Å². The van der Waals surface area contributed by atoms with Crippen molar-refractivity contribution in [2.45, 2.75) is 44.6 Å². The van der Waals surface area contributed by atoms with E-state index in [4.69, 9.17) is 28.2 Å². The first-order valence-corrected chi connectivity index (χ1v) is 11.8. The van der Waals surface area contributed by atoms with Crippen molar-refractivity contribution in [3.8, 4) is 0 Å². The van der Waals surface area contributed by atoms with Gasteiger partial charge in [-0.1, -0.05) is 29.3 Å². The van der Waals surface area contributed by atoms with Gasteiger partial charge in [0.2, 0.25) is 0 Å². The van der Waals surface area contributed by atoms with Gasteiger partial charge in [-0.25, -0.2) is 0 Å². The molecular weight excluding hydrogens is 401 g/mol. The van der Waals surface area contributed by atoms with Crippen molar-refractivity contribution >= 4 is 23.2 Å². The number of hydrogen-bond donors (Lipinski definition) is 1. The van der Waals surface area contributed by atoms with E-state index >= 15 is 0 Å². The van der Waals surface area contributed by atoms with Crippen molar-refractivity contribution in [3.63, 3.8) is 0 Å². The van der Waals surface area contributed by atoms with Gasteiger partial charge in [-0.2, -0.15) is 0 Å². The molecule has 5 rings (SSSR count). The Kier molecular flexibility index (Phi) is 5.84. The van der Waals surface area contributed by atoms with Crippen LogP contribution in [0.2, 0.25) is 10.0 Å². The zero-order valence-corrected chi connectivity index (χ0v) is 18.4. The zero-order chi connectivity index (χ0) is 19.8. The molecule has 154 valence electrons. The summed E-state index contributed by atoms with van der Waals surface area (Å²) in [6, 6.07) is 8.75. The molecule has 3 heterocycles. The topological polar surface area (TPSA) is 28.2 Å². The van der Waals surface area contributed by atoms with Gasteiger partial charge in [0.25, 0.3) is 0 Å². The standard InChI is InChI=1S/C24H29Cl2N3/c25-20-3-4-22-18(13-20)1-2-19-14-21(26)15-28-23(19)24(22)29-11-7-17(8-12-29)16-5-9-27-10-6-16/h3-4,13-17,24,27H,1-2,5-12H2. The van der Waals surface area contributed by atoms with Gasteiger partial charge in [-0.05, 0) is 111 Å². The Labute approximate surface area is 183 Å². The van der Waals surface area contributed by atoms with Gasteiger partial charge < -0.3 is 5.32 Å². The zero-order valence-electron chi connectivity index (χ0n) is 16.8. The molecule has 2 aromatic rings. The van der Waals surface area contributed by atoms with Crippen LogP contribution in [0.25, 0.3) is 0 Å². The second-order valence-electron chi connectivity index (χ2n) is 8.90. The van der Waals surface area contributed by atoms with Crippen LogP contribution in [0.1, 0.15) is 54.1 Å². The number of aryl methyl sites for hydroxylation is 2. The maximum absolute atomic E-state index is 6.35. The molecule has 0 bridgehead atoms. The summed E-state index contributed by atoms with van der Waals surface area (Å²) < 4.78 is 0. The average molecular weight is 430 g/mol. The molecule has 0 saturated carbocycles. The molecule has 1 aliphatic carbocycles. The Morgan fingerprint density at radius 1 is 0.862 bits per heavy atom. The predicted molar refractivity (Wildman–Crippen MR) is 120 cm³/mol. The maximum atomic E-state index is 6.35. The minimum atomic E-state index is 0.214. The summed E-state index contributed by atoms with van der Waals surface area (Å²) >= 11 is 12.7. The normalized spacial score (nSPS) is 24.0. The van der Waals surface area contributed by atoms with Crippen LogP contribution < -0.4 is 5.32 Å². The Hall–Kier alpha value is -1.13. The molecule has 0 spiro atoms. The highest BCUT2D eigenvalue weighted by atomic mass is 35.5. The fraction of sp³-hybridized carbons (Fsp3) is 0.542. The molecule has 2 saturated heterocycles. The molecule has 2 fully saturated rings. The van der Waals surface area contributed by atoms with Gasteiger partial charge in [0.05, 0.1) is 16.8 Å².